The van der Waals surface area contributed by atoms with E-state index < -0.39 is 0 Å². The highest BCUT2D eigenvalue weighted by atomic mass is 16.1. The first-order chi connectivity index (χ1) is 14.4. The molecule has 0 saturated heterocycles. The lowest BCUT2D eigenvalue weighted by atomic mass is 9.96. The molecular weight excluding hydrogens is 372 g/mol. The summed E-state index contributed by atoms with van der Waals surface area (Å²) in [6.45, 7) is 13.5. The predicted octanol–water partition coefficient (Wildman–Crippen LogP) is 6.21. The maximum absolute atomic E-state index is 12.4. The van der Waals surface area contributed by atoms with E-state index in [-0.39, 0.29) is 13.0 Å². The lowest BCUT2D eigenvalue weighted by Crippen LogP contribution is -2.26. The summed E-state index contributed by atoms with van der Waals surface area (Å²) in [6, 6.07) is 9.95. The summed E-state index contributed by atoms with van der Waals surface area (Å²) in [4.78, 5) is 26.9. The minimum absolute atomic E-state index is 0. The van der Waals surface area contributed by atoms with Gasteiger partial charge in [-0.3, -0.25) is 9.59 Å². The highest BCUT2D eigenvalue weighted by molar-refractivity contribution is 6.17. The van der Waals surface area contributed by atoms with Gasteiger partial charge in [-0.15, -0.1) is 0 Å². The first-order valence-corrected chi connectivity index (χ1v) is 10.9. The molecule has 4 heteroatoms. The molecule has 2 aromatic carbocycles. The minimum Gasteiger partial charge on any atom is -0.339 e. The minimum atomic E-state index is 0. The molecule has 4 nitrogen and oxygen atoms in total. The SMILES string of the molecule is CC/C=C\c1c(C(C)=O)ccc2c1c1cc(C(C)=O)ccc1n2CCN(CC)CC.[HH]. The number of hydrogen-bond donors (Lipinski definition) is 0. The first-order valence-electron chi connectivity index (χ1n) is 10.9. The van der Waals surface area contributed by atoms with Crippen molar-refractivity contribution in [2.24, 2.45) is 0 Å². The number of benzene rings is 2. The summed E-state index contributed by atoms with van der Waals surface area (Å²) < 4.78 is 2.33. The fraction of sp³-hybridized carbons (Fsp3) is 0.385. The van der Waals surface area contributed by atoms with E-state index in [4.69, 9.17) is 0 Å². The van der Waals surface area contributed by atoms with E-state index in [1.54, 1.807) is 13.8 Å². The zero-order valence-electron chi connectivity index (χ0n) is 18.8. The van der Waals surface area contributed by atoms with Crippen LogP contribution < -0.4 is 0 Å². The summed E-state index contributed by atoms with van der Waals surface area (Å²) >= 11 is 0. The van der Waals surface area contributed by atoms with Crippen LogP contribution in [0, 0.1) is 0 Å². The third kappa shape index (κ3) is 4.10. The van der Waals surface area contributed by atoms with Crippen LogP contribution in [0.4, 0.5) is 0 Å². The van der Waals surface area contributed by atoms with Crippen molar-refractivity contribution in [2.45, 2.75) is 47.6 Å². The maximum Gasteiger partial charge on any atom is 0.160 e. The highest BCUT2D eigenvalue weighted by Crippen LogP contribution is 2.35. The summed E-state index contributed by atoms with van der Waals surface area (Å²) in [5.41, 5.74) is 4.59. The Morgan fingerprint density at radius 1 is 1.00 bits per heavy atom. The van der Waals surface area contributed by atoms with E-state index in [1.807, 2.05) is 18.2 Å². The molecule has 0 atom stereocenters. The Hall–Kier alpha value is -2.72. The molecule has 0 spiro atoms. The molecule has 3 aromatic rings. The monoisotopic (exact) mass is 406 g/mol. The van der Waals surface area contributed by atoms with Gasteiger partial charge in [0.05, 0.1) is 0 Å². The van der Waals surface area contributed by atoms with Gasteiger partial charge in [-0.25, -0.2) is 0 Å². The van der Waals surface area contributed by atoms with Gasteiger partial charge < -0.3 is 9.47 Å². The number of carbonyl (C=O) groups excluding carboxylic acids is 2. The Kier molecular flexibility index (Phi) is 6.88. The van der Waals surface area contributed by atoms with Crippen LogP contribution in [0.1, 0.15) is 68.7 Å². The van der Waals surface area contributed by atoms with E-state index in [0.29, 0.717) is 5.56 Å². The molecule has 0 bridgehead atoms. The van der Waals surface area contributed by atoms with Crippen LogP contribution >= 0.6 is 0 Å². The third-order valence-corrected chi connectivity index (χ3v) is 5.91. The fourth-order valence-corrected chi connectivity index (χ4v) is 4.17. The molecule has 30 heavy (non-hydrogen) atoms. The summed E-state index contributed by atoms with van der Waals surface area (Å²) in [5.74, 6) is 0.105. The van der Waals surface area contributed by atoms with Gasteiger partial charge in [0.2, 0.25) is 0 Å². The molecule has 0 radical (unpaired) electrons. The Balaban J connectivity index is 0.00000341. The number of fused-ring (bicyclic) bond motifs is 3. The molecule has 0 N–H and O–H groups in total. The zero-order valence-corrected chi connectivity index (χ0v) is 18.8. The topological polar surface area (TPSA) is 42.3 Å². The molecule has 0 unspecified atom stereocenters. The van der Waals surface area contributed by atoms with Crippen molar-refractivity contribution < 1.29 is 11.0 Å². The number of nitrogens with zero attached hydrogens (tertiary/aromatic N) is 2. The largest absolute Gasteiger partial charge is 0.339 e. The second kappa shape index (κ2) is 9.40. The van der Waals surface area contributed by atoms with Gasteiger partial charge in [0.15, 0.2) is 11.6 Å². The van der Waals surface area contributed by atoms with Crippen LogP contribution in [0.15, 0.2) is 36.4 Å². The fourth-order valence-electron chi connectivity index (χ4n) is 4.17. The molecular formula is C26H34N2O2. The van der Waals surface area contributed by atoms with Crippen molar-refractivity contribution in [1.82, 2.24) is 9.47 Å². The van der Waals surface area contributed by atoms with Crippen molar-refractivity contribution in [1.29, 1.82) is 0 Å². The molecule has 0 aliphatic rings. The number of ketones is 2. The predicted molar refractivity (Wildman–Crippen MR) is 129 cm³/mol. The summed E-state index contributed by atoms with van der Waals surface area (Å²) in [7, 11) is 0. The lowest BCUT2D eigenvalue weighted by molar-refractivity contribution is 0.100. The van der Waals surface area contributed by atoms with E-state index in [1.165, 1.54) is 0 Å². The van der Waals surface area contributed by atoms with Crippen molar-refractivity contribution in [2.75, 3.05) is 19.6 Å². The van der Waals surface area contributed by atoms with E-state index in [0.717, 1.165) is 65.5 Å². The molecule has 0 amide bonds. The average molecular weight is 407 g/mol. The van der Waals surface area contributed by atoms with Gasteiger partial charge in [-0.2, -0.15) is 0 Å². The van der Waals surface area contributed by atoms with Gasteiger partial charge in [0, 0.05) is 47.4 Å². The molecule has 1 aromatic heterocycles. The number of allylic oxidation sites excluding steroid dienone is 1. The van der Waals surface area contributed by atoms with Crippen molar-refractivity contribution in [3.05, 3.63) is 53.1 Å². The molecule has 0 aliphatic carbocycles. The van der Waals surface area contributed by atoms with Gasteiger partial charge in [0.1, 0.15) is 0 Å². The van der Waals surface area contributed by atoms with Crippen LogP contribution in [0.25, 0.3) is 27.9 Å². The number of hydrogen-bond acceptors (Lipinski definition) is 3. The highest BCUT2D eigenvalue weighted by Gasteiger charge is 2.18. The number of likely N-dealkylation sites (N-methyl/N-ethyl adjacent to an activating group) is 1. The van der Waals surface area contributed by atoms with Crippen molar-refractivity contribution >= 4 is 39.4 Å². The lowest BCUT2D eigenvalue weighted by Gasteiger charge is -2.19. The molecule has 0 fully saturated rings. The van der Waals surface area contributed by atoms with Gasteiger partial charge >= 0.3 is 0 Å². The molecule has 1 heterocycles. The second-order valence-corrected chi connectivity index (χ2v) is 7.75. The molecule has 3 rings (SSSR count). The quantitative estimate of drug-likeness (QED) is 0.397. The van der Waals surface area contributed by atoms with Crippen molar-refractivity contribution in [3.8, 4) is 0 Å². The third-order valence-electron chi connectivity index (χ3n) is 5.91. The summed E-state index contributed by atoms with van der Waals surface area (Å²) in [5, 5.41) is 2.10. The summed E-state index contributed by atoms with van der Waals surface area (Å²) in [6.07, 6.45) is 5.05. The average Bonchev–Trinajstić information content (AvgIpc) is 3.05. The Bertz CT molecular complexity index is 1120. The van der Waals surface area contributed by atoms with E-state index >= 15 is 0 Å². The van der Waals surface area contributed by atoms with Crippen LogP contribution in [0.5, 0.6) is 0 Å². The number of carbonyl (C=O) groups is 2. The molecule has 160 valence electrons. The van der Waals surface area contributed by atoms with Crippen LogP contribution in [0.2, 0.25) is 0 Å². The first kappa shape index (κ1) is 22.0. The Morgan fingerprint density at radius 2 is 1.70 bits per heavy atom. The van der Waals surface area contributed by atoms with Crippen LogP contribution in [0.3, 0.4) is 0 Å². The standard InChI is InChI=1S/C26H32N2O2.H2/c1-6-9-10-22-21(19(5)30)12-14-25-26(22)23-17-20(18(4)29)11-13-24(23)28(25)16-15-27(7-2)8-3;/h9-14,17H,6-8,15-16H2,1-5H3;1H/b10-9-;. The maximum atomic E-state index is 12.4. The number of rotatable bonds is 9. The van der Waals surface area contributed by atoms with Crippen LogP contribution in [-0.4, -0.2) is 40.7 Å². The number of Topliss-reactive ketones (excluding diaryl/α,β-unsaturated/α-hetero) is 2. The van der Waals surface area contributed by atoms with Crippen LogP contribution in [-0.2, 0) is 6.54 Å². The molecule has 0 aliphatic heterocycles. The number of aromatic nitrogens is 1. The Labute approximate surface area is 180 Å². The van der Waals surface area contributed by atoms with Gasteiger partial charge in [0.25, 0.3) is 0 Å². The Morgan fingerprint density at radius 3 is 2.30 bits per heavy atom. The zero-order chi connectivity index (χ0) is 21.8. The molecule has 0 saturated carbocycles. The van der Waals surface area contributed by atoms with E-state index in [2.05, 4.69) is 54.5 Å². The van der Waals surface area contributed by atoms with Crippen molar-refractivity contribution in [3.63, 3.8) is 0 Å². The van der Waals surface area contributed by atoms with Gasteiger partial charge in [-0.1, -0.05) is 32.9 Å². The smallest absolute Gasteiger partial charge is 0.160 e. The second-order valence-electron chi connectivity index (χ2n) is 7.75. The van der Waals surface area contributed by atoms with Gasteiger partial charge in [-0.05, 0) is 69.3 Å². The van der Waals surface area contributed by atoms with E-state index in [9.17, 15) is 9.59 Å². The normalized spacial score (nSPS) is 11.9.